The average Bonchev–Trinajstić information content (AvgIpc) is 2.92. The van der Waals surface area contributed by atoms with E-state index in [1.165, 1.54) is 0 Å². The van der Waals surface area contributed by atoms with Crippen LogP contribution in [0, 0.1) is 0 Å². The number of amides is 2. The van der Waals surface area contributed by atoms with Crippen molar-refractivity contribution in [1.29, 1.82) is 0 Å². The first-order valence-corrected chi connectivity index (χ1v) is 12.8. The van der Waals surface area contributed by atoms with Crippen LogP contribution in [-0.4, -0.2) is 75.7 Å². The van der Waals surface area contributed by atoms with Crippen LogP contribution in [0.5, 0.6) is 5.75 Å². The van der Waals surface area contributed by atoms with Gasteiger partial charge in [-0.05, 0) is 35.7 Å². The third-order valence-electron chi connectivity index (χ3n) is 6.18. The number of ether oxygens (including phenoxy) is 3. The Labute approximate surface area is 218 Å². The monoisotopic (exact) mass is 510 g/mol. The number of methoxy groups -OCH3 is 1. The van der Waals surface area contributed by atoms with Gasteiger partial charge in [0.05, 0.1) is 19.8 Å². The molecule has 0 saturated carbocycles. The van der Waals surface area contributed by atoms with E-state index in [2.05, 4.69) is 4.99 Å². The number of nitrogens with zero attached hydrogens (tertiary/aromatic N) is 2. The van der Waals surface area contributed by atoms with Crippen molar-refractivity contribution in [3.8, 4) is 16.9 Å². The van der Waals surface area contributed by atoms with E-state index in [9.17, 15) is 9.59 Å². The lowest BCUT2D eigenvalue weighted by Crippen LogP contribution is -2.40. The van der Waals surface area contributed by atoms with Crippen LogP contribution in [-0.2, 0) is 14.3 Å². The summed E-state index contributed by atoms with van der Waals surface area (Å²) in [5.41, 5.74) is 15.0. The molecule has 1 saturated heterocycles. The molecule has 1 atom stereocenters. The molecule has 1 aliphatic rings. The van der Waals surface area contributed by atoms with Crippen molar-refractivity contribution in [2.45, 2.75) is 32.1 Å². The number of hydrogen-bond acceptors (Lipinski definition) is 6. The van der Waals surface area contributed by atoms with Gasteiger partial charge in [0.1, 0.15) is 11.6 Å². The normalized spacial score (nSPS) is 14.9. The second kappa shape index (κ2) is 14.3. The Kier molecular flexibility index (Phi) is 10.9. The van der Waals surface area contributed by atoms with E-state index in [0.29, 0.717) is 63.2 Å². The molecule has 0 aliphatic carbocycles. The number of carbonyl (C=O) groups is 2. The first kappa shape index (κ1) is 28.1. The van der Waals surface area contributed by atoms with E-state index < -0.39 is 11.8 Å². The van der Waals surface area contributed by atoms with Crippen molar-refractivity contribution < 1.29 is 23.8 Å². The Morgan fingerprint density at radius 1 is 1.08 bits per heavy atom. The molecule has 1 fully saturated rings. The van der Waals surface area contributed by atoms with E-state index in [4.69, 9.17) is 25.7 Å². The van der Waals surface area contributed by atoms with Crippen molar-refractivity contribution >= 4 is 17.6 Å². The second-order valence-corrected chi connectivity index (χ2v) is 8.96. The number of aliphatic imine (C=N–C) groups is 1. The Hall–Kier alpha value is -3.43. The number of carbonyl (C=O) groups excluding carboxylic acids is 2. The standard InChI is InChI=1S/C28H38N4O5/c1-3-11-31-27(30)24(19-26(29)33)22-9-10-23(25(18-22)37-15-4-14-35-2)20-5-7-21(8-6-20)28(34)32-12-16-36-17-13-32/h5-10,18,24H,3-4,11-17,19H2,1-2H3,(H2,29,33)(H2,30,31). The fourth-order valence-electron chi connectivity index (χ4n) is 4.19. The quantitative estimate of drug-likeness (QED) is 0.242. The molecule has 2 aromatic carbocycles. The molecule has 1 heterocycles. The number of hydrogen-bond donors (Lipinski definition) is 2. The fraction of sp³-hybridized carbons (Fsp3) is 0.464. The number of rotatable bonds is 13. The molecule has 200 valence electrons. The predicted molar refractivity (Wildman–Crippen MR) is 144 cm³/mol. The summed E-state index contributed by atoms with van der Waals surface area (Å²) >= 11 is 0. The van der Waals surface area contributed by atoms with Crippen molar-refractivity contribution in [3.63, 3.8) is 0 Å². The highest BCUT2D eigenvalue weighted by Gasteiger charge is 2.22. The molecule has 0 bridgehead atoms. The van der Waals surface area contributed by atoms with E-state index in [1.807, 2.05) is 49.4 Å². The summed E-state index contributed by atoms with van der Waals surface area (Å²) in [7, 11) is 1.65. The van der Waals surface area contributed by atoms with Crippen molar-refractivity contribution in [2.24, 2.45) is 16.5 Å². The van der Waals surface area contributed by atoms with Crippen LogP contribution >= 0.6 is 0 Å². The largest absolute Gasteiger partial charge is 0.493 e. The predicted octanol–water partition coefficient (Wildman–Crippen LogP) is 2.97. The van der Waals surface area contributed by atoms with Gasteiger partial charge in [-0.2, -0.15) is 0 Å². The zero-order chi connectivity index (χ0) is 26.6. The van der Waals surface area contributed by atoms with Gasteiger partial charge in [-0.15, -0.1) is 0 Å². The highest BCUT2D eigenvalue weighted by atomic mass is 16.5. The van der Waals surface area contributed by atoms with Crippen LogP contribution < -0.4 is 16.2 Å². The molecule has 4 N–H and O–H groups in total. The Bertz CT molecular complexity index is 1060. The number of benzene rings is 2. The van der Waals surface area contributed by atoms with Gasteiger partial charge >= 0.3 is 0 Å². The van der Waals surface area contributed by atoms with Crippen LogP contribution in [0.2, 0.25) is 0 Å². The topological polar surface area (TPSA) is 129 Å². The summed E-state index contributed by atoms with van der Waals surface area (Å²) in [5.74, 6) is 0.139. The molecule has 0 spiro atoms. The minimum absolute atomic E-state index is 0.00243. The number of nitrogens with two attached hydrogens (primary N) is 2. The first-order valence-electron chi connectivity index (χ1n) is 12.8. The second-order valence-electron chi connectivity index (χ2n) is 8.96. The zero-order valence-corrected chi connectivity index (χ0v) is 21.8. The maximum atomic E-state index is 12.8. The summed E-state index contributed by atoms with van der Waals surface area (Å²) in [6.45, 7) is 5.94. The van der Waals surface area contributed by atoms with Crippen LogP contribution in [0.25, 0.3) is 11.1 Å². The molecule has 2 aromatic rings. The van der Waals surface area contributed by atoms with Gasteiger partial charge in [0.25, 0.3) is 5.91 Å². The summed E-state index contributed by atoms with van der Waals surface area (Å²) in [6.07, 6.45) is 1.62. The molecule has 2 amide bonds. The van der Waals surface area contributed by atoms with Crippen LogP contribution in [0.1, 0.15) is 48.0 Å². The van der Waals surface area contributed by atoms with E-state index in [0.717, 1.165) is 29.5 Å². The average molecular weight is 511 g/mol. The third-order valence-corrected chi connectivity index (χ3v) is 6.18. The van der Waals surface area contributed by atoms with E-state index >= 15 is 0 Å². The molecule has 1 aliphatic heterocycles. The number of amidine groups is 1. The molecular formula is C28H38N4O5. The van der Waals surface area contributed by atoms with Crippen molar-refractivity contribution in [3.05, 3.63) is 53.6 Å². The Morgan fingerprint density at radius 3 is 2.46 bits per heavy atom. The number of primary amides is 1. The molecule has 3 rings (SSSR count). The van der Waals surface area contributed by atoms with Crippen molar-refractivity contribution in [2.75, 3.05) is 53.2 Å². The van der Waals surface area contributed by atoms with Gasteiger partial charge < -0.3 is 30.6 Å². The molecule has 0 aromatic heterocycles. The molecule has 9 heteroatoms. The van der Waals surface area contributed by atoms with Crippen molar-refractivity contribution in [1.82, 2.24) is 4.90 Å². The summed E-state index contributed by atoms with van der Waals surface area (Å²) < 4.78 is 16.7. The van der Waals surface area contributed by atoms with Gasteiger partial charge in [-0.25, -0.2) is 0 Å². The highest BCUT2D eigenvalue weighted by Crippen LogP contribution is 2.34. The fourth-order valence-corrected chi connectivity index (χ4v) is 4.19. The van der Waals surface area contributed by atoms with E-state index in [1.54, 1.807) is 12.0 Å². The lowest BCUT2D eigenvalue weighted by atomic mass is 9.91. The molecule has 37 heavy (non-hydrogen) atoms. The van der Waals surface area contributed by atoms with Crippen LogP contribution in [0.3, 0.4) is 0 Å². The first-order chi connectivity index (χ1) is 17.9. The van der Waals surface area contributed by atoms with Gasteiger partial charge in [0.15, 0.2) is 0 Å². The SMILES string of the molecule is CCCN=C(N)C(CC(N)=O)c1ccc(-c2ccc(C(=O)N3CCOCC3)cc2)c(OCCCOC)c1. The summed E-state index contributed by atoms with van der Waals surface area (Å²) in [4.78, 5) is 30.9. The highest BCUT2D eigenvalue weighted by molar-refractivity contribution is 5.95. The van der Waals surface area contributed by atoms with Gasteiger partial charge in [-0.3, -0.25) is 14.6 Å². The molecular weight excluding hydrogens is 472 g/mol. The Morgan fingerprint density at radius 2 is 1.81 bits per heavy atom. The lowest BCUT2D eigenvalue weighted by Gasteiger charge is -2.27. The number of morpholine rings is 1. The van der Waals surface area contributed by atoms with Crippen LogP contribution in [0.4, 0.5) is 0 Å². The smallest absolute Gasteiger partial charge is 0.254 e. The molecule has 1 unspecified atom stereocenters. The minimum Gasteiger partial charge on any atom is -0.493 e. The maximum Gasteiger partial charge on any atom is 0.254 e. The zero-order valence-electron chi connectivity index (χ0n) is 21.8. The van der Waals surface area contributed by atoms with Gasteiger partial charge in [0.2, 0.25) is 5.91 Å². The molecule has 0 radical (unpaired) electrons. The third kappa shape index (κ3) is 8.03. The summed E-state index contributed by atoms with van der Waals surface area (Å²) in [6, 6.07) is 13.3. The van der Waals surface area contributed by atoms with Crippen LogP contribution in [0.15, 0.2) is 47.5 Å². The Balaban J connectivity index is 1.91. The van der Waals surface area contributed by atoms with Gasteiger partial charge in [0, 0.05) is 63.2 Å². The lowest BCUT2D eigenvalue weighted by molar-refractivity contribution is -0.118. The summed E-state index contributed by atoms with van der Waals surface area (Å²) in [5, 5.41) is 0. The maximum absolute atomic E-state index is 12.8. The molecule has 9 nitrogen and oxygen atoms in total. The minimum atomic E-state index is -0.452. The van der Waals surface area contributed by atoms with E-state index in [-0.39, 0.29) is 12.3 Å². The van der Waals surface area contributed by atoms with Gasteiger partial charge in [-0.1, -0.05) is 31.2 Å².